The molecule has 0 aliphatic rings. The highest BCUT2D eigenvalue weighted by Gasteiger charge is 2.11. The van der Waals surface area contributed by atoms with Gasteiger partial charge in [-0.1, -0.05) is 17.7 Å². The standard InChI is InChI=1S/C22H21ClFN3O4S/c1-3-30-21(28)10-15-13-32-22(26-15)27-25-11-14-7-8-19(29-2)20(9-14)31-12-16-17(23)5-4-6-18(16)24/h4-9,11,13H,3,10,12H2,1-2H3,(H,26,27). The number of benzene rings is 2. The van der Waals surface area contributed by atoms with Crippen molar-refractivity contribution in [1.29, 1.82) is 0 Å². The summed E-state index contributed by atoms with van der Waals surface area (Å²) in [5, 5.41) is 6.76. The van der Waals surface area contributed by atoms with Crippen LogP contribution in [0.15, 0.2) is 46.9 Å². The van der Waals surface area contributed by atoms with Crippen LogP contribution in [0.25, 0.3) is 0 Å². The van der Waals surface area contributed by atoms with Gasteiger partial charge in [0.25, 0.3) is 0 Å². The molecule has 0 bridgehead atoms. The van der Waals surface area contributed by atoms with Gasteiger partial charge in [0.05, 0.1) is 37.1 Å². The summed E-state index contributed by atoms with van der Waals surface area (Å²) in [7, 11) is 1.52. The van der Waals surface area contributed by atoms with Gasteiger partial charge in [0.2, 0.25) is 5.13 Å². The highest BCUT2D eigenvalue weighted by atomic mass is 35.5. The first-order valence-electron chi connectivity index (χ1n) is 9.63. The van der Waals surface area contributed by atoms with Crippen molar-refractivity contribution in [2.75, 3.05) is 19.1 Å². The van der Waals surface area contributed by atoms with Crippen LogP contribution >= 0.6 is 22.9 Å². The van der Waals surface area contributed by atoms with Crippen molar-refractivity contribution < 1.29 is 23.4 Å². The Morgan fingerprint density at radius 1 is 1.31 bits per heavy atom. The molecule has 0 saturated carbocycles. The molecule has 0 radical (unpaired) electrons. The van der Waals surface area contributed by atoms with Crippen molar-refractivity contribution in [3.8, 4) is 11.5 Å². The van der Waals surface area contributed by atoms with Gasteiger partial charge in [-0.05, 0) is 42.8 Å². The maximum atomic E-state index is 14.0. The fourth-order valence-corrected chi connectivity index (χ4v) is 3.54. The van der Waals surface area contributed by atoms with Gasteiger partial charge < -0.3 is 14.2 Å². The third kappa shape index (κ3) is 6.41. The Labute approximate surface area is 193 Å². The number of hydrogen-bond donors (Lipinski definition) is 1. The number of aromatic nitrogens is 1. The largest absolute Gasteiger partial charge is 0.493 e. The Balaban J connectivity index is 1.64. The zero-order valence-corrected chi connectivity index (χ0v) is 19.0. The maximum Gasteiger partial charge on any atom is 0.311 e. The molecule has 0 unspecified atom stereocenters. The predicted molar refractivity (Wildman–Crippen MR) is 122 cm³/mol. The Morgan fingerprint density at radius 2 is 2.16 bits per heavy atom. The highest BCUT2D eigenvalue weighted by molar-refractivity contribution is 7.13. The number of thiazole rings is 1. The van der Waals surface area contributed by atoms with Crippen molar-refractivity contribution in [1.82, 2.24) is 4.98 Å². The number of anilines is 1. The smallest absolute Gasteiger partial charge is 0.311 e. The van der Waals surface area contributed by atoms with Crippen LogP contribution in [0.2, 0.25) is 5.02 Å². The summed E-state index contributed by atoms with van der Waals surface area (Å²) in [6, 6.07) is 9.70. The Kier molecular flexibility index (Phi) is 8.41. The average Bonchev–Trinajstić information content (AvgIpc) is 3.20. The molecule has 32 heavy (non-hydrogen) atoms. The number of ether oxygens (including phenoxy) is 3. The number of methoxy groups -OCH3 is 1. The molecule has 1 aromatic heterocycles. The summed E-state index contributed by atoms with van der Waals surface area (Å²) in [5.74, 6) is 0.146. The molecule has 168 valence electrons. The molecule has 0 aliphatic heterocycles. The number of halogens is 2. The molecule has 2 aromatic carbocycles. The van der Waals surface area contributed by atoms with E-state index >= 15 is 0 Å². The quantitative estimate of drug-likeness (QED) is 0.249. The predicted octanol–water partition coefficient (Wildman–Crippen LogP) is 5.07. The van der Waals surface area contributed by atoms with Crippen molar-refractivity contribution in [2.45, 2.75) is 20.0 Å². The van der Waals surface area contributed by atoms with E-state index in [4.69, 9.17) is 25.8 Å². The minimum Gasteiger partial charge on any atom is -0.493 e. The van der Waals surface area contributed by atoms with E-state index in [0.717, 1.165) is 5.56 Å². The summed E-state index contributed by atoms with van der Waals surface area (Å²) < 4.78 is 30.0. The molecule has 1 heterocycles. The third-order valence-electron chi connectivity index (χ3n) is 4.18. The van der Waals surface area contributed by atoms with Gasteiger partial charge in [0.1, 0.15) is 12.4 Å². The monoisotopic (exact) mass is 477 g/mol. The van der Waals surface area contributed by atoms with Crippen LogP contribution in [-0.4, -0.2) is 30.9 Å². The number of carbonyl (C=O) groups is 1. The number of carbonyl (C=O) groups excluding carboxylic acids is 1. The molecular formula is C22H21ClFN3O4S. The fraction of sp³-hybridized carbons (Fsp3) is 0.227. The number of hydrogen-bond acceptors (Lipinski definition) is 8. The molecule has 0 amide bonds. The minimum atomic E-state index is -0.441. The molecule has 0 saturated heterocycles. The second-order valence-corrected chi connectivity index (χ2v) is 7.66. The summed E-state index contributed by atoms with van der Waals surface area (Å²) >= 11 is 7.39. The lowest BCUT2D eigenvalue weighted by atomic mass is 10.2. The van der Waals surface area contributed by atoms with E-state index in [1.54, 1.807) is 42.8 Å². The van der Waals surface area contributed by atoms with Crippen LogP contribution in [0.3, 0.4) is 0 Å². The summed E-state index contributed by atoms with van der Waals surface area (Å²) in [6.07, 6.45) is 1.69. The van der Waals surface area contributed by atoms with Crippen LogP contribution in [0.5, 0.6) is 11.5 Å². The second-order valence-electron chi connectivity index (χ2n) is 6.39. The number of esters is 1. The van der Waals surface area contributed by atoms with E-state index in [-0.39, 0.29) is 29.6 Å². The zero-order valence-electron chi connectivity index (χ0n) is 17.4. The van der Waals surface area contributed by atoms with Crippen molar-refractivity contribution >= 4 is 40.3 Å². The molecule has 0 spiro atoms. The van der Waals surface area contributed by atoms with Crippen molar-refractivity contribution in [2.24, 2.45) is 5.10 Å². The van der Waals surface area contributed by atoms with Gasteiger partial charge in [-0.25, -0.2) is 9.37 Å². The van der Waals surface area contributed by atoms with Gasteiger partial charge in [-0.2, -0.15) is 5.10 Å². The molecule has 3 rings (SSSR count). The summed E-state index contributed by atoms with van der Waals surface area (Å²) in [4.78, 5) is 15.8. The molecule has 0 aliphatic carbocycles. The number of nitrogens with zero attached hydrogens (tertiary/aromatic N) is 2. The van der Waals surface area contributed by atoms with Gasteiger partial charge in [0.15, 0.2) is 11.5 Å². The van der Waals surface area contributed by atoms with Crippen LogP contribution in [0.4, 0.5) is 9.52 Å². The SMILES string of the molecule is CCOC(=O)Cc1csc(NN=Cc2ccc(OC)c(OCc3c(F)cccc3Cl)c2)n1. The number of hydrazone groups is 1. The number of nitrogens with one attached hydrogen (secondary N) is 1. The molecule has 0 fully saturated rings. The molecule has 0 atom stereocenters. The van der Waals surface area contributed by atoms with E-state index in [1.165, 1.54) is 30.6 Å². The molecular weight excluding hydrogens is 457 g/mol. The Morgan fingerprint density at radius 3 is 2.91 bits per heavy atom. The van der Waals surface area contributed by atoms with Gasteiger partial charge in [0, 0.05) is 10.9 Å². The van der Waals surface area contributed by atoms with Crippen LogP contribution in [0, 0.1) is 5.82 Å². The Bertz CT molecular complexity index is 1090. The van der Waals surface area contributed by atoms with E-state index in [1.807, 2.05) is 0 Å². The van der Waals surface area contributed by atoms with Gasteiger partial charge in [-0.3, -0.25) is 10.2 Å². The molecule has 7 nitrogen and oxygen atoms in total. The second kappa shape index (κ2) is 11.4. The van der Waals surface area contributed by atoms with E-state index in [0.29, 0.717) is 28.9 Å². The number of rotatable bonds is 10. The maximum absolute atomic E-state index is 14.0. The van der Waals surface area contributed by atoms with Crippen molar-refractivity contribution in [3.63, 3.8) is 0 Å². The first-order valence-corrected chi connectivity index (χ1v) is 10.9. The molecule has 1 N–H and O–H groups in total. The zero-order chi connectivity index (χ0) is 22.9. The first kappa shape index (κ1) is 23.5. The minimum absolute atomic E-state index is 0.0525. The average molecular weight is 478 g/mol. The lowest BCUT2D eigenvalue weighted by Gasteiger charge is -2.12. The van der Waals surface area contributed by atoms with Crippen LogP contribution < -0.4 is 14.9 Å². The molecule has 3 aromatic rings. The normalized spacial score (nSPS) is 10.9. The highest BCUT2D eigenvalue weighted by Crippen LogP contribution is 2.30. The van der Waals surface area contributed by atoms with Crippen LogP contribution in [-0.2, 0) is 22.6 Å². The fourth-order valence-electron chi connectivity index (χ4n) is 2.67. The van der Waals surface area contributed by atoms with E-state index in [2.05, 4.69) is 15.5 Å². The van der Waals surface area contributed by atoms with Crippen molar-refractivity contribution in [3.05, 3.63) is 69.4 Å². The lowest BCUT2D eigenvalue weighted by molar-refractivity contribution is -0.142. The van der Waals surface area contributed by atoms with Gasteiger partial charge in [-0.15, -0.1) is 11.3 Å². The summed E-state index contributed by atoms with van der Waals surface area (Å²) in [5.41, 5.74) is 4.42. The molecule has 10 heteroatoms. The third-order valence-corrected chi connectivity index (χ3v) is 5.33. The Hall–Kier alpha value is -3.17. The van der Waals surface area contributed by atoms with Crippen LogP contribution in [0.1, 0.15) is 23.7 Å². The summed E-state index contributed by atoms with van der Waals surface area (Å²) in [6.45, 7) is 2.04. The lowest BCUT2D eigenvalue weighted by Crippen LogP contribution is -2.07. The van der Waals surface area contributed by atoms with E-state index < -0.39 is 5.82 Å². The first-order chi connectivity index (χ1) is 15.5. The van der Waals surface area contributed by atoms with Gasteiger partial charge >= 0.3 is 5.97 Å². The topological polar surface area (TPSA) is 82.0 Å². The van der Waals surface area contributed by atoms with E-state index in [9.17, 15) is 9.18 Å².